The van der Waals surface area contributed by atoms with Gasteiger partial charge in [-0.2, -0.15) is 5.10 Å². The number of aryl methyl sites for hydroxylation is 1. The van der Waals surface area contributed by atoms with Crippen molar-refractivity contribution in [3.63, 3.8) is 0 Å². The van der Waals surface area contributed by atoms with Gasteiger partial charge in [0.15, 0.2) is 5.65 Å². The van der Waals surface area contributed by atoms with Crippen molar-refractivity contribution in [2.75, 3.05) is 38.6 Å². The average Bonchev–Trinajstić information content (AvgIpc) is 2.83. The van der Waals surface area contributed by atoms with Crippen LogP contribution in [-0.4, -0.2) is 63.2 Å². The van der Waals surface area contributed by atoms with Gasteiger partial charge < -0.3 is 4.74 Å². The first-order valence-electron chi connectivity index (χ1n) is 6.40. The number of thioether (sulfide) groups is 1. The lowest BCUT2D eigenvalue weighted by Gasteiger charge is -2.26. The number of hydrogen-bond donors (Lipinski definition) is 0. The summed E-state index contributed by atoms with van der Waals surface area (Å²) in [7, 11) is 1.90. The van der Waals surface area contributed by atoms with Gasteiger partial charge in [-0.3, -0.25) is 9.58 Å². The molecule has 3 heterocycles. The third-order valence-corrected chi connectivity index (χ3v) is 4.23. The predicted molar refractivity (Wildman–Crippen MR) is 74.3 cm³/mol. The molecule has 1 aliphatic rings. The second-order valence-electron chi connectivity index (χ2n) is 4.49. The minimum atomic E-state index is 0.852. The zero-order valence-corrected chi connectivity index (χ0v) is 11.8. The molecule has 2 aromatic rings. The molecule has 1 fully saturated rings. The highest BCUT2D eigenvalue weighted by molar-refractivity contribution is 7.99. The SMILES string of the molecule is Cn1ncc2c(SCCN3CCOCC3)ncnc21. The van der Waals surface area contributed by atoms with Gasteiger partial charge in [0.05, 0.1) is 24.8 Å². The first-order chi connectivity index (χ1) is 9.34. The van der Waals surface area contributed by atoms with Gasteiger partial charge in [0.25, 0.3) is 0 Å². The molecule has 102 valence electrons. The summed E-state index contributed by atoms with van der Waals surface area (Å²) in [6.45, 7) is 4.84. The number of ether oxygens (including phenoxy) is 1. The van der Waals surface area contributed by atoms with Crippen molar-refractivity contribution >= 4 is 22.8 Å². The zero-order valence-electron chi connectivity index (χ0n) is 10.9. The highest BCUT2D eigenvalue weighted by Gasteiger charge is 2.11. The molecular weight excluding hydrogens is 262 g/mol. The van der Waals surface area contributed by atoms with Crippen molar-refractivity contribution in [3.05, 3.63) is 12.5 Å². The van der Waals surface area contributed by atoms with Crippen molar-refractivity contribution in [2.24, 2.45) is 7.05 Å². The van der Waals surface area contributed by atoms with Crippen LogP contribution in [0.1, 0.15) is 0 Å². The van der Waals surface area contributed by atoms with Gasteiger partial charge in [-0.05, 0) is 0 Å². The van der Waals surface area contributed by atoms with E-state index in [1.165, 1.54) is 0 Å². The molecule has 2 aromatic heterocycles. The Labute approximate surface area is 116 Å². The standard InChI is InChI=1S/C12H17N5OS/c1-16-11-10(8-15-16)12(14-9-13-11)19-7-4-17-2-5-18-6-3-17/h8-9H,2-7H2,1H3. The number of nitrogens with zero attached hydrogens (tertiary/aromatic N) is 5. The summed E-state index contributed by atoms with van der Waals surface area (Å²) in [4.78, 5) is 11.0. The Kier molecular flexibility index (Phi) is 3.95. The van der Waals surface area contributed by atoms with E-state index in [4.69, 9.17) is 4.74 Å². The average molecular weight is 279 g/mol. The second kappa shape index (κ2) is 5.85. The number of fused-ring (bicyclic) bond motifs is 1. The number of morpholine rings is 1. The predicted octanol–water partition coefficient (Wildman–Crippen LogP) is 0.788. The maximum absolute atomic E-state index is 5.34. The first-order valence-corrected chi connectivity index (χ1v) is 7.39. The minimum Gasteiger partial charge on any atom is -0.379 e. The maximum atomic E-state index is 5.34. The van der Waals surface area contributed by atoms with Gasteiger partial charge in [-0.1, -0.05) is 0 Å². The van der Waals surface area contributed by atoms with Gasteiger partial charge in [0.1, 0.15) is 11.4 Å². The van der Waals surface area contributed by atoms with Gasteiger partial charge in [0, 0.05) is 32.4 Å². The van der Waals surface area contributed by atoms with Crippen LogP contribution in [0, 0.1) is 0 Å². The molecule has 1 aliphatic heterocycles. The molecule has 3 rings (SSSR count). The van der Waals surface area contributed by atoms with Crippen molar-refractivity contribution in [2.45, 2.75) is 5.03 Å². The fraction of sp³-hybridized carbons (Fsp3) is 0.583. The topological polar surface area (TPSA) is 56.1 Å². The van der Waals surface area contributed by atoms with Crippen LogP contribution in [0.3, 0.4) is 0 Å². The molecule has 0 unspecified atom stereocenters. The summed E-state index contributed by atoms with van der Waals surface area (Å²) in [6, 6.07) is 0. The number of aromatic nitrogens is 4. The lowest BCUT2D eigenvalue weighted by atomic mass is 10.4. The normalized spacial score (nSPS) is 17.1. The molecule has 0 aromatic carbocycles. The Bertz CT molecular complexity index is 552. The highest BCUT2D eigenvalue weighted by Crippen LogP contribution is 2.23. The maximum Gasteiger partial charge on any atom is 0.162 e. The van der Waals surface area contributed by atoms with E-state index in [1.54, 1.807) is 22.8 Å². The largest absolute Gasteiger partial charge is 0.379 e. The molecule has 0 radical (unpaired) electrons. The Balaban J connectivity index is 1.62. The lowest BCUT2D eigenvalue weighted by Crippen LogP contribution is -2.37. The molecular formula is C12H17N5OS. The Morgan fingerprint density at radius 2 is 2.16 bits per heavy atom. The third-order valence-electron chi connectivity index (χ3n) is 3.24. The van der Waals surface area contributed by atoms with E-state index in [-0.39, 0.29) is 0 Å². The van der Waals surface area contributed by atoms with Gasteiger partial charge in [-0.15, -0.1) is 11.8 Å². The van der Waals surface area contributed by atoms with E-state index in [2.05, 4.69) is 20.0 Å². The summed E-state index contributed by atoms with van der Waals surface area (Å²) in [6.07, 6.45) is 3.45. The van der Waals surface area contributed by atoms with Gasteiger partial charge >= 0.3 is 0 Å². The molecule has 0 N–H and O–H groups in total. The van der Waals surface area contributed by atoms with Crippen LogP contribution in [0.4, 0.5) is 0 Å². The molecule has 1 saturated heterocycles. The Morgan fingerprint density at radius 1 is 1.32 bits per heavy atom. The Hall–Kier alpha value is -1.18. The van der Waals surface area contributed by atoms with E-state index < -0.39 is 0 Å². The summed E-state index contributed by atoms with van der Waals surface area (Å²) in [5, 5.41) is 6.29. The fourth-order valence-corrected chi connectivity index (χ4v) is 3.12. The first kappa shape index (κ1) is 12.8. The van der Waals surface area contributed by atoms with E-state index in [0.717, 1.165) is 54.7 Å². The monoisotopic (exact) mass is 279 g/mol. The number of hydrogen-bond acceptors (Lipinski definition) is 6. The van der Waals surface area contributed by atoms with Crippen molar-refractivity contribution in [1.29, 1.82) is 0 Å². The summed E-state index contributed by atoms with van der Waals surface area (Å²) in [5.41, 5.74) is 0.892. The van der Waals surface area contributed by atoms with E-state index in [0.29, 0.717) is 0 Å². The summed E-state index contributed by atoms with van der Waals surface area (Å²) < 4.78 is 7.13. The van der Waals surface area contributed by atoms with Gasteiger partial charge in [-0.25, -0.2) is 9.97 Å². The lowest BCUT2D eigenvalue weighted by molar-refractivity contribution is 0.0410. The molecule has 6 nitrogen and oxygen atoms in total. The van der Waals surface area contributed by atoms with Crippen LogP contribution in [0.15, 0.2) is 17.6 Å². The van der Waals surface area contributed by atoms with Crippen molar-refractivity contribution < 1.29 is 4.74 Å². The molecule has 0 amide bonds. The minimum absolute atomic E-state index is 0.852. The smallest absolute Gasteiger partial charge is 0.162 e. The van der Waals surface area contributed by atoms with Crippen LogP contribution in [0.5, 0.6) is 0 Å². The second-order valence-corrected chi connectivity index (χ2v) is 5.57. The fourth-order valence-electron chi connectivity index (χ4n) is 2.15. The van der Waals surface area contributed by atoms with Crippen molar-refractivity contribution in [1.82, 2.24) is 24.6 Å². The van der Waals surface area contributed by atoms with Gasteiger partial charge in [0.2, 0.25) is 0 Å². The van der Waals surface area contributed by atoms with Crippen LogP contribution >= 0.6 is 11.8 Å². The summed E-state index contributed by atoms with van der Waals surface area (Å²) >= 11 is 1.77. The zero-order chi connectivity index (χ0) is 13.1. The van der Waals surface area contributed by atoms with Crippen molar-refractivity contribution in [3.8, 4) is 0 Å². The molecule has 0 bridgehead atoms. The molecule has 0 atom stereocenters. The molecule has 7 heteroatoms. The van der Waals surface area contributed by atoms with Crippen LogP contribution < -0.4 is 0 Å². The van der Waals surface area contributed by atoms with Crippen LogP contribution in [0.2, 0.25) is 0 Å². The number of rotatable bonds is 4. The molecule has 19 heavy (non-hydrogen) atoms. The quantitative estimate of drug-likeness (QED) is 0.609. The van der Waals surface area contributed by atoms with E-state index in [1.807, 2.05) is 13.2 Å². The highest BCUT2D eigenvalue weighted by atomic mass is 32.2. The summed E-state index contributed by atoms with van der Waals surface area (Å²) in [5.74, 6) is 1.03. The van der Waals surface area contributed by atoms with Crippen LogP contribution in [0.25, 0.3) is 11.0 Å². The Morgan fingerprint density at radius 3 is 3.00 bits per heavy atom. The van der Waals surface area contributed by atoms with E-state index in [9.17, 15) is 0 Å². The van der Waals surface area contributed by atoms with E-state index >= 15 is 0 Å². The molecule has 0 spiro atoms. The molecule has 0 saturated carbocycles. The third kappa shape index (κ3) is 2.88. The van der Waals surface area contributed by atoms with Crippen LogP contribution in [-0.2, 0) is 11.8 Å². The molecule has 0 aliphatic carbocycles.